The summed E-state index contributed by atoms with van der Waals surface area (Å²) in [5, 5.41) is 5.00. The summed E-state index contributed by atoms with van der Waals surface area (Å²) in [5.74, 6) is -0.539. The van der Waals surface area contributed by atoms with Gasteiger partial charge in [-0.05, 0) is 13.0 Å². The fourth-order valence-electron chi connectivity index (χ4n) is 3.01. The molecule has 144 valence electrons. The molecule has 1 saturated heterocycles. The summed E-state index contributed by atoms with van der Waals surface area (Å²) < 4.78 is 48.9. The number of aromatic nitrogens is 2. The number of piperazine rings is 1. The minimum Gasteiger partial charge on any atom is -0.422 e. The van der Waals surface area contributed by atoms with Crippen molar-refractivity contribution < 1.29 is 22.3 Å². The van der Waals surface area contributed by atoms with Crippen LogP contribution in [0.5, 0.6) is 5.75 Å². The number of hydrogen-bond acceptors (Lipinski definition) is 7. The highest BCUT2D eigenvalue weighted by molar-refractivity contribution is 7.13. The lowest BCUT2D eigenvalue weighted by atomic mass is 10.2. The highest BCUT2D eigenvalue weighted by atomic mass is 35.5. The first kappa shape index (κ1) is 18.3. The highest BCUT2D eigenvalue weighted by Gasteiger charge is 2.36. The fourth-order valence-corrected chi connectivity index (χ4v) is 3.92. The van der Waals surface area contributed by atoms with Crippen LogP contribution in [-0.2, 0) is 0 Å². The number of hydrogen-bond donors (Lipinski definition) is 1. The molecule has 1 fully saturated rings. The second-order valence-corrected chi connectivity index (χ2v) is 7.34. The Hall–Kier alpha value is -2.04. The Morgan fingerprint density at radius 1 is 1.44 bits per heavy atom. The molecule has 0 saturated carbocycles. The molecule has 1 atom stereocenters. The molecule has 0 spiro atoms. The van der Waals surface area contributed by atoms with Gasteiger partial charge in [-0.1, -0.05) is 11.6 Å². The van der Waals surface area contributed by atoms with Crippen LogP contribution in [0.4, 0.5) is 19.2 Å². The molecular formula is C16H14ClF3N4O2S. The first-order valence-corrected chi connectivity index (χ1v) is 9.35. The van der Waals surface area contributed by atoms with Gasteiger partial charge in [0.2, 0.25) is 0 Å². The number of thiazole rings is 1. The third-order valence-corrected chi connectivity index (χ3v) is 5.26. The molecule has 2 aromatic heterocycles. The van der Waals surface area contributed by atoms with E-state index in [1.807, 2.05) is 11.8 Å². The third kappa shape index (κ3) is 3.56. The average molecular weight is 419 g/mol. The molecule has 6 nitrogen and oxygen atoms in total. The fraction of sp³-hybridized carbons (Fsp3) is 0.375. The van der Waals surface area contributed by atoms with Gasteiger partial charge in [0.05, 0.1) is 10.6 Å². The second-order valence-electron chi connectivity index (χ2n) is 6.04. The van der Waals surface area contributed by atoms with Gasteiger partial charge in [-0.3, -0.25) is 0 Å². The number of alkyl halides is 3. The zero-order chi connectivity index (χ0) is 19.2. The van der Waals surface area contributed by atoms with Gasteiger partial charge in [0.15, 0.2) is 11.3 Å². The standard InChI is InChI=1S/C16H14ClF3N4O2S/c1-8-7-21-2-4-24(8)15-23-10-6-9(17)12(26-16(18,19)20)11(13(10)25-15)14-22-3-5-27-14/h3,5-6,8,21H,2,4,7H2,1H3/t8-/m0/s1. The van der Waals surface area contributed by atoms with E-state index in [1.165, 1.54) is 12.3 Å². The van der Waals surface area contributed by atoms with Crippen LogP contribution in [0.3, 0.4) is 0 Å². The molecular weight excluding hydrogens is 405 g/mol. The van der Waals surface area contributed by atoms with Crippen molar-refractivity contribution in [2.24, 2.45) is 0 Å². The van der Waals surface area contributed by atoms with Crippen LogP contribution in [0.1, 0.15) is 6.92 Å². The maximum Gasteiger partial charge on any atom is 0.573 e. The third-order valence-electron chi connectivity index (χ3n) is 4.19. The first-order valence-electron chi connectivity index (χ1n) is 8.09. The lowest BCUT2D eigenvalue weighted by molar-refractivity contribution is -0.274. The molecule has 0 amide bonds. The molecule has 1 aliphatic rings. The van der Waals surface area contributed by atoms with Gasteiger partial charge in [-0.25, -0.2) is 4.98 Å². The number of nitrogens with one attached hydrogen (secondary N) is 1. The van der Waals surface area contributed by atoms with Crippen molar-refractivity contribution in [3.8, 4) is 16.3 Å². The normalized spacial score (nSPS) is 18.3. The van der Waals surface area contributed by atoms with E-state index in [9.17, 15) is 13.2 Å². The summed E-state index contributed by atoms with van der Waals surface area (Å²) in [7, 11) is 0. The summed E-state index contributed by atoms with van der Waals surface area (Å²) in [4.78, 5) is 10.5. The van der Waals surface area contributed by atoms with E-state index in [2.05, 4.69) is 20.0 Å². The molecule has 3 heterocycles. The van der Waals surface area contributed by atoms with Crippen LogP contribution in [0.25, 0.3) is 21.7 Å². The van der Waals surface area contributed by atoms with E-state index in [0.29, 0.717) is 23.1 Å². The Balaban J connectivity index is 1.91. The number of ether oxygens (including phenoxy) is 1. The number of nitrogens with zero attached hydrogens (tertiary/aromatic N) is 3. The number of halogens is 4. The topological polar surface area (TPSA) is 63.4 Å². The molecule has 1 N–H and O–H groups in total. The molecule has 3 aromatic rings. The Kier molecular flexibility index (Phi) is 4.65. The van der Waals surface area contributed by atoms with Crippen molar-refractivity contribution in [1.29, 1.82) is 0 Å². The lowest BCUT2D eigenvalue weighted by Gasteiger charge is -2.32. The van der Waals surface area contributed by atoms with E-state index in [0.717, 1.165) is 24.4 Å². The van der Waals surface area contributed by atoms with E-state index in [1.54, 1.807) is 5.38 Å². The van der Waals surface area contributed by atoms with E-state index < -0.39 is 12.1 Å². The average Bonchev–Trinajstić information content (AvgIpc) is 3.24. The molecule has 27 heavy (non-hydrogen) atoms. The monoisotopic (exact) mass is 418 g/mol. The molecule has 0 unspecified atom stereocenters. The van der Waals surface area contributed by atoms with Crippen LogP contribution in [0.15, 0.2) is 22.1 Å². The Bertz CT molecular complexity index is 961. The van der Waals surface area contributed by atoms with Gasteiger partial charge in [-0.2, -0.15) is 4.98 Å². The van der Waals surface area contributed by atoms with Crippen LogP contribution >= 0.6 is 22.9 Å². The van der Waals surface area contributed by atoms with Gasteiger partial charge in [0.1, 0.15) is 10.5 Å². The van der Waals surface area contributed by atoms with E-state index >= 15 is 0 Å². The summed E-state index contributed by atoms with van der Waals surface area (Å²) in [5.41, 5.74) is 0.557. The van der Waals surface area contributed by atoms with Crippen molar-refractivity contribution in [3.05, 3.63) is 22.7 Å². The quantitative estimate of drug-likeness (QED) is 0.684. The zero-order valence-corrected chi connectivity index (χ0v) is 15.6. The van der Waals surface area contributed by atoms with Crippen molar-refractivity contribution >= 4 is 40.1 Å². The van der Waals surface area contributed by atoms with E-state index in [-0.39, 0.29) is 22.2 Å². The molecule has 11 heteroatoms. The molecule has 1 aliphatic heterocycles. The predicted octanol–water partition coefficient (Wildman–Crippen LogP) is 4.30. The molecule has 0 aliphatic carbocycles. The number of oxazole rings is 1. The van der Waals surface area contributed by atoms with Gasteiger partial charge in [0, 0.05) is 37.3 Å². The smallest absolute Gasteiger partial charge is 0.422 e. The van der Waals surface area contributed by atoms with E-state index in [4.69, 9.17) is 16.0 Å². The summed E-state index contributed by atoms with van der Waals surface area (Å²) >= 11 is 7.26. The maximum atomic E-state index is 12.9. The minimum atomic E-state index is -4.90. The van der Waals surface area contributed by atoms with Gasteiger partial charge >= 0.3 is 6.36 Å². The summed E-state index contributed by atoms with van der Waals surface area (Å²) in [6.07, 6.45) is -3.42. The lowest BCUT2D eigenvalue weighted by Crippen LogP contribution is -2.50. The Morgan fingerprint density at radius 3 is 2.93 bits per heavy atom. The first-order chi connectivity index (χ1) is 12.8. The van der Waals surface area contributed by atoms with Crippen molar-refractivity contribution in [1.82, 2.24) is 15.3 Å². The molecule has 0 bridgehead atoms. The Morgan fingerprint density at radius 2 is 2.26 bits per heavy atom. The predicted molar refractivity (Wildman–Crippen MR) is 96.5 cm³/mol. The molecule has 4 rings (SSSR count). The SMILES string of the molecule is C[C@H]1CNCCN1c1nc2cc(Cl)c(OC(F)(F)F)c(-c3nccs3)c2o1. The van der Waals surface area contributed by atoms with Crippen LogP contribution in [-0.4, -0.2) is 42.0 Å². The van der Waals surface area contributed by atoms with Crippen LogP contribution < -0.4 is 15.0 Å². The number of rotatable bonds is 3. The van der Waals surface area contributed by atoms with Crippen molar-refractivity contribution in [2.45, 2.75) is 19.3 Å². The van der Waals surface area contributed by atoms with Crippen molar-refractivity contribution in [3.63, 3.8) is 0 Å². The largest absolute Gasteiger partial charge is 0.573 e. The highest BCUT2D eigenvalue weighted by Crippen LogP contribution is 2.46. The second kappa shape index (κ2) is 6.84. The van der Waals surface area contributed by atoms with Gasteiger partial charge < -0.3 is 19.4 Å². The van der Waals surface area contributed by atoms with Crippen molar-refractivity contribution in [2.75, 3.05) is 24.5 Å². The number of benzene rings is 1. The summed E-state index contributed by atoms with van der Waals surface area (Å²) in [6.45, 7) is 4.18. The maximum absolute atomic E-state index is 12.9. The number of fused-ring (bicyclic) bond motifs is 1. The van der Waals surface area contributed by atoms with Crippen LogP contribution in [0.2, 0.25) is 5.02 Å². The minimum absolute atomic E-state index is 0.0476. The number of anilines is 1. The van der Waals surface area contributed by atoms with Crippen LogP contribution in [0, 0.1) is 0 Å². The Labute approximate surface area is 160 Å². The molecule has 1 aromatic carbocycles. The van der Waals surface area contributed by atoms with Gasteiger partial charge in [0.25, 0.3) is 6.01 Å². The zero-order valence-electron chi connectivity index (χ0n) is 14.0. The molecule has 0 radical (unpaired) electrons. The summed E-state index contributed by atoms with van der Waals surface area (Å²) in [6, 6.07) is 1.77. The van der Waals surface area contributed by atoms with Gasteiger partial charge in [-0.15, -0.1) is 24.5 Å².